The average molecular weight is 294 g/mol. The van der Waals surface area contributed by atoms with Gasteiger partial charge in [0.15, 0.2) is 0 Å². The van der Waals surface area contributed by atoms with Gasteiger partial charge in [-0.05, 0) is 17.9 Å². The van der Waals surface area contributed by atoms with E-state index in [1.165, 1.54) is 5.56 Å². The molecule has 1 aromatic rings. The lowest BCUT2D eigenvalue weighted by Crippen LogP contribution is -2.44. The molecule has 4 heteroatoms. The molecule has 120 valence electrons. The van der Waals surface area contributed by atoms with Crippen LogP contribution in [0.4, 0.5) is 0 Å². The number of benzene rings is 1. The molecule has 1 rings (SSSR count). The first-order chi connectivity index (χ1) is 10.2. The van der Waals surface area contributed by atoms with Crippen LogP contribution in [0.1, 0.15) is 24.8 Å². The van der Waals surface area contributed by atoms with Gasteiger partial charge in [-0.3, -0.25) is 4.90 Å². The Balaban J connectivity index is 2.63. The number of hydrogen-bond acceptors (Lipinski definition) is 4. The maximum atomic E-state index is 6.02. The molecular formula is C17H30N2O2. The summed E-state index contributed by atoms with van der Waals surface area (Å²) in [5.41, 5.74) is 7.39. The van der Waals surface area contributed by atoms with Crippen molar-refractivity contribution in [3.63, 3.8) is 0 Å². The third kappa shape index (κ3) is 6.57. The molecule has 0 spiro atoms. The van der Waals surface area contributed by atoms with Crippen LogP contribution in [-0.4, -0.2) is 58.0 Å². The van der Waals surface area contributed by atoms with E-state index in [1.807, 2.05) is 0 Å². The van der Waals surface area contributed by atoms with Gasteiger partial charge in [0.25, 0.3) is 0 Å². The van der Waals surface area contributed by atoms with E-state index in [0.717, 1.165) is 32.7 Å². The lowest BCUT2D eigenvalue weighted by atomic mass is 9.93. The molecular weight excluding hydrogens is 264 g/mol. The molecule has 2 atom stereocenters. The summed E-state index contributed by atoms with van der Waals surface area (Å²) < 4.78 is 10.4. The van der Waals surface area contributed by atoms with Gasteiger partial charge in [-0.1, -0.05) is 37.3 Å². The molecule has 0 saturated carbocycles. The lowest BCUT2D eigenvalue weighted by molar-refractivity contribution is 0.0846. The van der Waals surface area contributed by atoms with Crippen LogP contribution < -0.4 is 5.73 Å². The largest absolute Gasteiger partial charge is 0.383 e. The molecule has 0 aliphatic rings. The predicted molar refractivity (Wildman–Crippen MR) is 87.6 cm³/mol. The second-order valence-corrected chi connectivity index (χ2v) is 5.46. The Kier molecular flexibility index (Phi) is 9.26. The van der Waals surface area contributed by atoms with E-state index < -0.39 is 0 Å². The Hall–Kier alpha value is -0.940. The first kappa shape index (κ1) is 18.1. The smallest absolute Gasteiger partial charge is 0.0589 e. The lowest BCUT2D eigenvalue weighted by Gasteiger charge is -2.32. The molecule has 2 unspecified atom stereocenters. The van der Waals surface area contributed by atoms with Crippen molar-refractivity contribution < 1.29 is 9.47 Å². The van der Waals surface area contributed by atoms with E-state index in [9.17, 15) is 0 Å². The number of hydrogen-bond donors (Lipinski definition) is 1. The molecule has 0 radical (unpaired) electrons. The molecule has 0 fully saturated rings. The zero-order chi connectivity index (χ0) is 15.5. The first-order valence-electron chi connectivity index (χ1n) is 7.69. The zero-order valence-corrected chi connectivity index (χ0v) is 13.6. The fourth-order valence-corrected chi connectivity index (χ4v) is 2.61. The Labute approximate surface area is 129 Å². The third-order valence-corrected chi connectivity index (χ3v) is 3.95. The van der Waals surface area contributed by atoms with E-state index in [1.54, 1.807) is 14.2 Å². The summed E-state index contributed by atoms with van der Waals surface area (Å²) in [6, 6.07) is 11.0. The molecule has 0 aliphatic heterocycles. The van der Waals surface area contributed by atoms with Gasteiger partial charge in [-0.15, -0.1) is 0 Å². The quantitative estimate of drug-likeness (QED) is 0.679. The van der Waals surface area contributed by atoms with Gasteiger partial charge in [0.2, 0.25) is 0 Å². The van der Waals surface area contributed by atoms with Crippen molar-refractivity contribution in [2.75, 3.05) is 47.1 Å². The van der Waals surface area contributed by atoms with E-state index in [0.29, 0.717) is 18.5 Å². The number of methoxy groups -OCH3 is 2. The van der Waals surface area contributed by atoms with Crippen molar-refractivity contribution in [1.82, 2.24) is 4.90 Å². The molecule has 0 bridgehead atoms. The number of ether oxygens (including phenoxy) is 2. The second kappa shape index (κ2) is 10.7. The molecule has 4 nitrogen and oxygen atoms in total. The zero-order valence-electron chi connectivity index (χ0n) is 13.6. The van der Waals surface area contributed by atoms with Crippen LogP contribution in [0.5, 0.6) is 0 Å². The van der Waals surface area contributed by atoms with E-state index in [2.05, 4.69) is 42.2 Å². The summed E-state index contributed by atoms with van der Waals surface area (Å²) in [5, 5.41) is 0. The average Bonchev–Trinajstić information content (AvgIpc) is 2.54. The van der Waals surface area contributed by atoms with Gasteiger partial charge < -0.3 is 15.2 Å². The van der Waals surface area contributed by atoms with Crippen molar-refractivity contribution in [3.8, 4) is 0 Å². The minimum Gasteiger partial charge on any atom is -0.383 e. The minimum atomic E-state index is 0.352. The Morgan fingerprint density at radius 1 is 1.05 bits per heavy atom. The number of nitrogens with two attached hydrogens (primary N) is 1. The molecule has 0 aromatic heterocycles. The maximum absolute atomic E-state index is 6.02. The van der Waals surface area contributed by atoms with E-state index in [4.69, 9.17) is 15.2 Å². The van der Waals surface area contributed by atoms with Gasteiger partial charge in [-0.2, -0.15) is 0 Å². The molecule has 0 heterocycles. The van der Waals surface area contributed by atoms with Gasteiger partial charge in [0, 0.05) is 39.9 Å². The standard InChI is InChI=1S/C17H30N2O2/c1-15(16-7-5-4-6-8-16)13-17(14-18)19(9-11-20-2)10-12-21-3/h4-8,15,17H,9-14,18H2,1-3H3. The first-order valence-corrected chi connectivity index (χ1v) is 7.69. The normalized spacial score (nSPS) is 14.3. The monoisotopic (exact) mass is 294 g/mol. The van der Waals surface area contributed by atoms with Crippen LogP contribution in [-0.2, 0) is 9.47 Å². The fourth-order valence-electron chi connectivity index (χ4n) is 2.61. The Morgan fingerprint density at radius 2 is 1.62 bits per heavy atom. The third-order valence-electron chi connectivity index (χ3n) is 3.95. The summed E-state index contributed by atoms with van der Waals surface area (Å²) >= 11 is 0. The summed E-state index contributed by atoms with van der Waals surface area (Å²) in [7, 11) is 3.47. The molecule has 0 amide bonds. The van der Waals surface area contributed by atoms with Crippen LogP contribution >= 0.6 is 0 Å². The fraction of sp³-hybridized carbons (Fsp3) is 0.647. The van der Waals surface area contributed by atoms with Crippen molar-refractivity contribution in [2.24, 2.45) is 5.73 Å². The van der Waals surface area contributed by atoms with Gasteiger partial charge in [0.05, 0.1) is 13.2 Å². The Morgan fingerprint density at radius 3 is 2.10 bits per heavy atom. The second-order valence-electron chi connectivity index (χ2n) is 5.46. The summed E-state index contributed by atoms with van der Waals surface area (Å²) in [5.74, 6) is 0.493. The van der Waals surface area contributed by atoms with Crippen molar-refractivity contribution >= 4 is 0 Å². The predicted octanol–water partition coefficient (Wildman–Crippen LogP) is 2.10. The number of nitrogens with zero attached hydrogens (tertiary/aromatic N) is 1. The van der Waals surface area contributed by atoms with Crippen molar-refractivity contribution in [2.45, 2.75) is 25.3 Å². The molecule has 0 saturated heterocycles. The van der Waals surface area contributed by atoms with Gasteiger partial charge in [0.1, 0.15) is 0 Å². The van der Waals surface area contributed by atoms with Crippen molar-refractivity contribution in [3.05, 3.63) is 35.9 Å². The highest BCUT2D eigenvalue weighted by molar-refractivity contribution is 5.18. The highest BCUT2D eigenvalue weighted by Crippen LogP contribution is 2.22. The molecule has 21 heavy (non-hydrogen) atoms. The summed E-state index contributed by atoms with van der Waals surface area (Å²) in [4.78, 5) is 2.38. The van der Waals surface area contributed by atoms with E-state index in [-0.39, 0.29) is 0 Å². The van der Waals surface area contributed by atoms with Gasteiger partial charge >= 0.3 is 0 Å². The van der Waals surface area contributed by atoms with Crippen LogP contribution in [0, 0.1) is 0 Å². The van der Waals surface area contributed by atoms with Gasteiger partial charge in [-0.25, -0.2) is 0 Å². The molecule has 2 N–H and O–H groups in total. The molecule has 1 aromatic carbocycles. The van der Waals surface area contributed by atoms with Crippen molar-refractivity contribution in [1.29, 1.82) is 0 Å². The maximum Gasteiger partial charge on any atom is 0.0589 e. The Bertz CT molecular complexity index is 351. The van der Waals surface area contributed by atoms with E-state index >= 15 is 0 Å². The number of rotatable bonds is 11. The molecule has 0 aliphatic carbocycles. The van der Waals surface area contributed by atoms with Crippen LogP contribution in [0.2, 0.25) is 0 Å². The van der Waals surface area contributed by atoms with Crippen LogP contribution in [0.15, 0.2) is 30.3 Å². The van der Waals surface area contributed by atoms with Crippen LogP contribution in [0.3, 0.4) is 0 Å². The summed E-state index contributed by atoms with van der Waals surface area (Å²) in [6.07, 6.45) is 1.05. The minimum absolute atomic E-state index is 0.352. The van der Waals surface area contributed by atoms with Crippen LogP contribution in [0.25, 0.3) is 0 Å². The highest BCUT2D eigenvalue weighted by atomic mass is 16.5. The summed E-state index contributed by atoms with van der Waals surface area (Å²) in [6.45, 7) is 6.15. The SMILES string of the molecule is COCCN(CCOC)C(CN)CC(C)c1ccccc1. The topological polar surface area (TPSA) is 47.7 Å². The highest BCUT2D eigenvalue weighted by Gasteiger charge is 2.20.